The van der Waals surface area contributed by atoms with Crippen molar-refractivity contribution in [2.75, 3.05) is 11.9 Å². The fourth-order valence-corrected chi connectivity index (χ4v) is 3.67. The molecule has 0 bridgehead atoms. The van der Waals surface area contributed by atoms with E-state index in [-0.39, 0.29) is 12.5 Å². The zero-order valence-corrected chi connectivity index (χ0v) is 17.4. The molecule has 6 nitrogen and oxygen atoms in total. The molecule has 0 aliphatic carbocycles. The van der Waals surface area contributed by atoms with Gasteiger partial charge < -0.3 is 14.6 Å². The number of nitrogens with one attached hydrogen (secondary N) is 1. The van der Waals surface area contributed by atoms with Crippen LogP contribution >= 0.6 is 0 Å². The Morgan fingerprint density at radius 1 is 1.06 bits per heavy atom. The highest BCUT2D eigenvalue weighted by atomic mass is 19.4. The lowest BCUT2D eigenvalue weighted by Crippen LogP contribution is -2.16. The van der Waals surface area contributed by atoms with Crippen molar-refractivity contribution in [3.05, 3.63) is 65.5 Å². The fraction of sp³-hybridized carbons (Fsp3) is 0.348. The van der Waals surface area contributed by atoms with E-state index in [1.54, 1.807) is 30.3 Å². The number of anilines is 1. The van der Waals surface area contributed by atoms with E-state index in [0.29, 0.717) is 16.8 Å². The largest absolute Gasteiger partial charge is 0.411 e. The van der Waals surface area contributed by atoms with Gasteiger partial charge in [-0.2, -0.15) is 13.2 Å². The van der Waals surface area contributed by atoms with Gasteiger partial charge in [-0.25, -0.2) is 0 Å². The molecule has 1 N–H and O–H groups in total. The lowest BCUT2D eigenvalue weighted by atomic mass is 10.1. The van der Waals surface area contributed by atoms with Crippen molar-refractivity contribution in [3.8, 4) is 11.4 Å². The Hall–Kier alpha value is -3.20. The summed E-state index contributed by atoms with van der Waals surface area (Å²) in [6.45, 7) is -0.597. The monoisotopic (exact) mass is 444 g/mol. The van der Waals surface area contributed by atoms with Crippen molar-refractivity contribution in [3.63, 3.8) is 0 Å². The van der Waals surface area contributed by atoms with Crippen LogP contribution in [0.25, 0.3) is 11.4 Å². The van der Waals surface area contributed by atoms with Crippen molar-refractivity contribution in [2.45, 2.75) is 45.0 Å². The standard InChI is InChI=1S/C23H23F3N4O2/c24-23(25,26)15-32-14-16-8-10-17(11-9-16)22(31)27-19-6-4-5-18(13-19)21-29-28-20-7-2-1-3-12-30(20)21/h4-6,8-11,13H,1-3,7,12,14-15H2,(H,27,31). The smallest absolute Gasteiger partial charge is 0.367 e. The fourth-order valence-electron chi connectivity index (χ4n) is 3.67. The molecule has 0 unspecified atom stereocenters. The molecule has 9 heteroatoms. The number of carbonyl (C=O) groups excluding carboxylic acids is 1. The van der Waals surface area contributed by atoms with Gasteiger partial charge in [-0.1, -0.05) is 30.7 Å². The third-order valence-electron chi connectivity index (χ3n) is 5.24. The van der Waals surface area contributed by atoms with E-state index < -0.39 is 12.8 Å². The van der Waals surface area contributed by atoms with Crippen molar-refractivity contribution >= 4 is 11.6 Å². The highest BCUT2D eigenvalue weighted by Crippen LogP contribution is 2.25. The number of halogens is 3. The molecule has 0 spiro atoms. The predicted octanol–water partition coefficient (Wildman–Crippen LogP) is 5.00. The number of ether oxygens (including phenoxy) is 1. The molecule has 1 amide bonds. The van der Waals surface area contributed by atoms with Gasteiger partial charge in [0.05, 0.1) is 6.61 Å². The number of nitrogens with zero attached hydrogens (tertiary/aromatic N) is 3. The van der Waals surface area contributed by atoms with E-state index in [0.717, 1.165) is 43.0 Å². The Morgan fingerprint density at radius 3 is 2.66 bits per heavy atom. The number of hydrogen-bond acceptors (Lipinski definition) is 4. The maximum atomic E-state index is 12.6. The highest BCUT2D eigenvalue weighted by Gasteiger charge is 2.27. The first-order chi connectivity index (χ1) is 15.4. The molecule has 0 atom stereocenters. The number of hydrogen-bond donors (Lipinski definition) is 1. The third-order valence-corrected chi connectivity index (χ3v) is 5.24. The molecule has 168 valence electrons. The van der Waals surface area contributed by atoms with Crippen LogP contribution in [0.4, 0.5) is 18.9 Å². The Bertz CT molecular complexity index is 1080. The molecule has 2 heterocycles. The Labute approximate surface area is 183 Å². The van der Waals surface area contributed by atoms with Crippen LogP contribution in [-0.4, -0.2) is 33.5 Å². The minimum absolute atomic E-state index is 0.174. The minimum Gasteiger partial charge on any atom is -0.367 e. The number of aromatic nitrogens is 3. The normalized spacial score (nSPS) is 14.0. The first-order valence-corrected chi connectivity index (χ1v) is 10.5. The third kappa shape index (κ3) is 5.53. The SMILES string of the molecule is O=C(Nc1cccc(-c2nnc3n2CCCCC3)c1)c1ccc(COCC(F)(F)F)cc1. The van der Waals surface area contributed by atoms with Crippen LogP contribution in [0.15, 0.2) is 48.5 Å². The van der Waals surface area contributed by atoms with Crippen molar-refractivity contribution in [1.29, 1.82) is 0 Å². The van der Waals surface area contributed by atoms with Gasteiger partial charge in [0.2, 0.25) is 0 Å². The second-order valence-corrected chi connectivity index (χ2v) is 7.74. The van der Waals surface area contributed by atoms with Crippen LogP contribution in [0.1, 0.15) is 41.0 Å². The average molecular weight is 444 g/mol. The van der Waals surface area contributed by atoms with E-state index >= 15 is 0 Å². The molecule has 1 aromatic heterocycles. The molecule has 0 saturated heterocycles. The van der Waals surface area contributed by atoms with E-state index in [1.807, 2.05) is 18.2 Å². The molecule has 3 aromatic rings. The number of aryl methyl sites for hydroxylation is 1. The van der Waals surface area contributed by atoms with Crippen molar-refractivity contribution < 1.29 is 22.7 Å². The van der Waals surface area contributed by atoms with Gasteiger partial charge in [-0.05, 0) is 42.7 Å². The quantitative estimate of drug-likeness (QED) is 0.581. The number of rotatable bonds is 6. The van der Waals surface area contributed by atoms with Gasteiger partial charge in [0.15, 0.2) is 5.82 Å². The van der Waals surface area contributed by atoms with E-state index in [9.17, 15) is 18.0 Å². The van der Waals surface area contributed by atoms with E-state index in [2.05, 4.69) is 24.8 Å². The number of amides is 1. The zero-order valence-electron chi connectivity index (χ0n) is 17.4. The van der Waals surface area contributed by atoms with Crippen LogP contribution < -0.4 is 5.32 Å². The lowest BCUT2D eigenvalue weighted by molar-refractivity contribution is -0.176. The number of carbonyl (C=O) groups is 1. The first kappa shape index (κ1) is 22.0. The summed E-state index contributed by atoms with van der Waals surface area (Å²) < 4.78 is 43.3. The van der Waals surface area contributed by atoms with Crippen LogP contribution in [0.5, 0.6) is 0 Å². The Morgan fingerprint density at radius 2 is 1.88 bits per heavy atom. The molecule has 4 rings (SSSR count). The topological polar surface area (TPSA) is 69.0 Å². The molecule has 1 aliphatic rings. The summed E-state index contributed by atoms with van der Waals surface area (Å²) in [6, 6.07) is 13.7. The lowest BCUT2D eigenvalue weighted by Gasteiger charge is -2.10. The second kappa shape index (κ2) is 9.52. The average Bonchev–Trinajstić information content (AvgIpc) is 3.02. The first-order valence-electron chi connectivity index (χ1n) is 10.5. The van der Waals surface area contributed by atoms with E-state index in [1.165, 1.54) is 6.42 Å². The van der Waals surface area contributed by atoms with Gasteiger partial charge in [0.25, 0.3) is 5.91 Å². The summed E-state index contributed by atoms with van der Waals surface area (Å²) in [6.07, 6.45) is -0.0701. The predicted molar refractivity (Wildman–Crippen MR) is 113 cm³/mol. The van der Waals surface area contributed by atoms with Gasteiger partial charge >= 0.3 is 6.18 Å². The number of benzene rings is 2. The van der Waals surface area contributed by atoms with Gasteiger partial charge in [0, 0.05) is 29.8 Å². The Kier molecular flexibility index (Phi) is 6.55. The molecule has 0 radical (unpaired) electrons. The van der Waals surface area contributed by atoms with Gasteiger partial charge in [-0.3, -0.25) is 4.79 Å². The van der Waals surface area contributed by atoms with Gasteiger partial charge in [0.1, 0.15) is 12.4 Å². The van der Waals surface area contributed by atoms with E-state index in [4.69, 9.17) is 0 Å². The van der Waals surface area contributed by atoms with Gasteiger partial charge in [-0.15, -0.1) is 10.2 Å². The second-order valence-electron chi connectivity index (χ2n) is 7.74. The minimum atomic E-state index is -4.36. The van der Waals surface area contributed by atoms with Crippen LogP contribution in [-0.2, 0) is 24.3 Å². The van der Waals surface area contributed by atoms with Crippen LogP contribution in [0.2, 0.25) is 0 Å². The summed E-state index contributed by atoms with van der Waals surface area (Å²) >= 11 is 0. The van der Waals surface area contributed by atoms with Crippen molar-refractivity contribution in [2.24, 2.45) is 0 Å². The summed E-state index contributed by atoms with van der Waals surface area (Å²) in [5.74, 6) is 1.47. The molecular formula is C23H23F3N4O2. The summed E-state index contributed by atoms with van der Waals surface area (Å²) in [5.41, 5.74) is 2.45. The number of alkyl halides is 3. The molecule has 0 saturated carbocycles. The van der Waals surface area contributed by atoms with Crippen molar-refractivity contribution in [1.82, 2.24) is 14.8 Å². The van der Waals surface area contributed by atoms with Crippen LogP contribution in [0, 0.1) is 0 Å². The maximum Gasteiger partial charge on any atom is 0.411 e. The molecular weight excluding hydrogens is 421 g/mol. The molecule has 0 fully saturated rings. The summed E-state index contributed by atoms with van der Waals surface area (Å²) in [7, 11) is 0. The highest BCUT2D eigenvalue weighted by molar-refractivity contribution is 6.04. The van der Waals surface area contributed by atoms with Crippen LogP contribution in [0.3, 0.4) is 0 Å². The number of fused-ring (bicyclic) bond motifs is 1. The summed E-state index contributed by atoms with van der Waals surface area (Å²) in [5, 5.41) is 11.5. The molecule has 2 aromatic carbocycles. The Balaban J connectivity index is 1.42. The summed E-state index contributed by atoms with van der Waals surface area (Å²) in [4.78, 5) is 12.6. The maximum absolute atomic E-state index is 12.6. The molecule has 32 heavy (non-hydrogen) atoms. The zero-order chi connectivity index (χ0) is 22.6. The molecule has 1 aliphatic heterocycles.